The number of hydrogen-bond donors (Lipinski definition) is 4. The lowest BCUT2D eigenvalue weighted by Gasteiger charge is -2.10. The number of anilines is 2. The highest BCUT2D eigenvalue weighted by atomic mass is 16.5. The highest BCUT2D eigenvalue weighted by molar-refractivity contribution is 6.67. The van der Waals surface area contributed by atoms with E-state index in [1.807, 2.05) is 0 Å². The summed E-state index contributed by atoms with van der Waals surface area (Å²) in [7, 11) is 0. The van der Waals surface area contributed by atoms with Gasteiger partial charge < -0.3 is 24.8 Å². The van der Waals surface area contributed by atoms with Crippen LogP contribution in [0.4, 0.5) is 11.4 Å². The Morgan fingerprint density at radius 3 is 2.18 bits per heavy atom. The average Bonchev–Trinajstić information content (AvgIpc) is 3.15. The van der Waals surface area contributed by atoms with Gasteiger partial charge in [-0.25, -0.2) is 4.79 Å². The van der Waals surface area contributed by atoms with Gasteiger partial charge in [-0.3, -0.25) is 24.6 Å². The quantitative estimate of drug-likeness (QED) is 0.145. The van der Waals surface area contributed by atoms with Crippen molar-refractivity contribution < 1.29 is 28.7 Å². The fourth-order valence-corrected chi connectivity index (χ4v) is 2.96. The Morgan fingerprint density at radius 1 is 0.939 bits per heavy atom. The van der Waals surface area contributed by atoms with Crippen LogP contribution in [0.25, 0.3) is 11.0 Å². The molecule has 33 heavy (non-hydrogen) atoms. The van der Waals surface area contributed by atoms with Crippen LogP contribution in [-0.4, -0.2) is 40.3 Å². The number of carbonyl (C=O) groups excluding carboxylic acids is 4. The van der Waals surface area contributed by atoms with Crippen LogP contribution in [0, 0.1) is 0 Å². The first-order valence-electron chi connectivity index (χ1n) is 9.51. The molecule has 12 heteroatoms. The summed E-state index contributed by atoms with van der Waals surface area (Å²) in [4.78, 5) is 62.2. The average molecular weight is 453 g/mol. The van der Waals surface area contributed by atoms with Gasteiger partial charge in [0, 0.05) is 12.6 Å². The Morgan fingerprint density at radius 2 is 1.58 bits per heavy atom. The molecule has 4 N–H and O–H groups in total. The molecule has 3 aromatic rings. The summed E-state index contributed by atoms with van der Waals surface area (Å²) >= 11 is 0. The van der Waals surface area contributed by atoms with Gasteiger partial charge in [-0.1, -0.05) is 0 Å². The van der Waals surface area contributed by atoms with Gasteiger partial charge in [0.25, 0.3) is 18.9 Å². The van der Waals surface area contributed by atoms with Crippen LogP contribution >= 0.6 is 0 Å². The zero-order valence-corrected chi connectivity index (χ0v) is 17.3. The Hall–Kier alpha value is -4.74. The highest BCUT2D eigenvalue weighted by Gasteiger charge is 2.18. The van der Waals surface area contributed by atoms with Crippen molar-refractivity contribution in [3.05, 3.63) is 58.0 Å². The van der Waals surface area contributed by atoms with E-state index < -0.39 is 17.4 Å². The summed E-state index contributed by atoms with van der Waals surface area (Å²) in [6, 6.07) is 9.52. The lowest BCUT2D eigenvalue weighted by Crippen LogP contribution is -2.29. The van der Waals surface area contributed by atoms with Gasteiger partial charge in [-0.15, -0.1) is 0 Å². The molecule has 0 unspecified atom stereocenters. The minimum Gasteiger partial charge on any atom is -0.463 e. The van der Waals surface area contributed by atoms with E-state index in [0.717, 1.165) is 0 Å². The lowest BCUT2D eigenvalue weighted by molar-refractivity contribution is -0.130. The van der Waals surface area contributed by atoms with Crippen molar-refractivity contribution in [2.45, 2.75) is 20.1 Å². The third-order valence-corrected chi connectivity index (χ3v) is 4.31. The summed E-state index contributed by atoms with van der Waals surface area (Å²) in [5, 5.41) is 6.47. The number of nitrogens with zero attached hydrogens (tertiary/aromatic N) is 1. The number of hydrogen-bond acceptors (Lipinski definition) is 9. The Kier molecular flexibility index (Phi) is 7.32. The van der Waals surface area contributed by atoms with Gasteiger partial charge >= 0.3 is 5.69 Å². The molecule has 0 radical (unpaired) electrons. The summed E-state index contributed by atoms with van der Waals surface area (Å²) < 4.78 is 9.47. The zero-order chi connectivity index (χ0) is 23.8. The maximum absolute atomic E-state index is 12.6. The second-order valence-corrected chi connectivity index (χ2v) is 6.77. The van der Waals surface area contributed by atoms with Crippen LogP contribution in [0.2, 0.25) is 0 Å². The number of H-pyrrole nitrogens is 2. The van der Waals surface area contributed by atoms with Crippen LogP contribution in [0.1, 0.15) is 18.1 Å². The molecule has 0 aliphatic rings. The number of hydrazone groups is 1. The summed E-state index contributed by atoms with van der Waals surface area (Å²) in [5.41, 5.74) is 4.72. The van der Waals surface area contributed by atoms with Gasteiger partial charge in [0.2, 0.25) is 0 Å². The van der Waals surface area contributed by atoms with Crippen LogP contribution in [0.3, 0.4) is 0 Å². The summed E-state index contributed by atoms with van der Waals surface area (Å²) in [6.45, 7) is 1.68. The number of benzene rings is 2. The lowest BCUT2D eigenvalue weighted by atomic mass is 10.1. The van der Waals surface area contributed by atoms with E-state index in [2.05, 4.69) is 25.8 Å². The predicted molar refractivity (Wildman–Crippen MR) is 117 cm³/mol. The number of ketones is 1. The Balaban J connectivity index is 1.81. The maximum atomic E-state index is 12.6. The van der Waals surface area contributed by atoms with E-state index in [0.29, 0.717) is 46.5 Å². The minimum atomic E-state index is -0.766. The number of amides is 1. The number of imidazole rings is 1. The van der Waals surface area contributed by atoms with Crippen LogP contribution in [0.5, 0.6) is 0 Å². The molecule has 0 fully saturated rings. The van der Waals surface area contributed by atoms with Crippen molar-refractivity contribution in [3.63, 3.8) is 0 Å². The largest absolute Gasteiger partial charge is 0.463 e. The van der Waals surface area contributed by atoms with Crippen molar-refractivity contribution >= 4 is 52.8 Å². The first-order valence-corrected chi connectivity index (χ1v) is 9.51. The molecule has 170 valence electrons. The van der Waals surface area contributed by atoms with E-state index in [1.165, 1.54) is 13.0 Å². The second-order valence-electron chi connectivity index (χ2n) is 6.77. The van der Waals surface area contributed by atoms with E-state index >= 15 is 0 Å². The molecule has 0 saturated heterocycles. The number of nitrogens with one attached hydrogen (secondary N) is 4. The van der Waals surface area contributed by atoms with E-state index in [4.69, 9.17) is 9.47 Å². The van der Waals surface area contributed by atoms with Crippen LogP contribution in [-0.2, 0) is 41.9 Å². The fraction of sp³-hybridized carbons (Fsp3) is 0.143. The molecule has 0 spiro atoms. The standard InChI is InChI=1S/C21H19N5O7/c1-12(29)19(20(30)22-15-2-3-17-18(7-15)24-21(31)23-17)26-25-16-5-13(8-32-10-27)4-14(6-16)9-33-11-28/h2-7,10-11,25H,8-9H2,1H3,(H,22,30)(H2,23,24,31)/b26-19-. The SMILES string of the molecule is CC(=O)/C(=N/Nc1cc(COC=O)cc(COC=O)c1)C(=O)Nc1ccc2[nH]c(=O)[nH]c2c1. The van der Waals surface area contributed by atoms with Crippen LogP contribution < -0.4 is 16.4 Å². The summed E-state index contributed by atoms with van der Waals surface area (Å²) in [5.74, 6) is -1.36. The molecular formula is C21H19N5O7. The van der Waals surface area contributed by atoms with E-state index in [9.17, 15) is 24.0 Å². The highest BCUT2D eigenvalue weighted by Crippen LogP contribution is 2.18. The molecule has 0 bridgehead atoms. The van der Waals surface area contributed by atoms with Crippen molar-refractivity contribution in [2.75, 3.05) is 10.7 Å². The maximum Gasteiger partial charge on any atom is 0.323 e. The van der Waals surface area contributed by atoms with E-state index in [-0.39, 0.29) is 18.9 Å². The third kappa shape index (κ3) is 6.13. The first-order chi connectivity index (χ1) is 15.9. The number of carbonyl (C=O) groups is 4. The Bertz CT molecular complexity index is 1260. The molecule has 1 aromatic heterocycles. The van der Waals surface area contributed by atoms with E-state index in [1.54, 1.807) is 30.3 Å². The normalized spacial score (nSPS) is 11.0. The molecule has 1 heterocycles. The number of rotatable bonds is 11. The molecule has 12 nitrogen and oxygen atoms in total. The van der Waals surface area contributed by atoms with Crippen molar-refractivity contribution in [1.82, 2.24) is 9.97 Å². The van der Waals surface area contributed by atoms with Crippen molar-refractivity contribution in [2.24, 2.45) is 5.10 Å². The summed E-state index contributed by atoms with van der Waals surface area (Å²) in [6.07, 6.45) is 0. The first kappa shape index (κ1) is 22.9. The molecule has 0 atom stereocenters. The van der Waals surface area contributed by atoms with Gasteiger partial charge in [0.15, 0.2) is 11.5 Å². The van der Waals surface area contributed by atoms with Gasteiger partial charge in [-0.2, -0.15) is 5.10 Å². The molecule has 1 amide bonds. The third-order valence-electron chi connectivity index (χ3n) is 4.31. The zero-order valence-electron chi connectivity index (χ0n) is 17.3. The molecule has 2 aromatic carbocycles. The minimum absolute atomic E-state index is 0.0411. The Labute approximate surface area is 186 Å². The van der Waals surface area contributed by atoms with Crippen molar-refractivity contribution in [1.29, 1.82) is 0 Å². The second kappa shape index (κ2) is 10.5. The molecule has 0 aliphatic heterocycles. The number of aromatic amines is 2. The molecule has 3 rings (SSSR count). The fourth-order valence-electron chi connectivity index (χ4n) is 2.96. The van der Waals surface area contributed by atoms with Gasteiger partial charge in [0.1, 0.15) is 13.2 Å². The monoisotopic (exact) mass is 453 g/mol. The number of aromatic nitrogens is 2. The van der Waals surface area contributed by atoms with Gasteiger partial charge in [-0.05, 0) is 47.5 Å². The number of fused-ring (bicyclic) bond motifs is 1. The topological polar surface area (TPSA) is 172 Å². The number of Topliss-reactive ketones (excluding diaryl/α,β-unsaturated/α-hetero) is 1. The smallest absolute Gasteiger partial charge is 0.323 e. The molecule has 0 saturated carbocycles. The molecule has 0 aliphatic carbocycles. The van der Waals surface area contributed by atoms with Crippen molar-refractivity contribution in [3.8, 4) is 0 Å². The predicted octanol–water partition coefficient (Wildman–Crippen LogP) is 1.20. The van der Waals surface area contributed by atoms with Crippen LogP contribution in [0.15, 0.2) is 46.3 Å². The van der Waals surface area contributed by atoms with Gasteiger partial charge in [0.05, 0.1) is 16.7 Å². The molecular weight excluding hydrogens is 434 g/mol. The number of ether oxygens (including phenoxy) is 2.